The predicted octanol–water partition coefficient (Wildman–Crippen LogP) is 2.38. The second-order valence-electron chi connectivity index (χ2n) is 4.91. The molecule has 88 valence electrons. The number of nitrogens with one attached hydrogen (secondary N) is 1. The molecule has 0 spiro atoms. The van der Waals surface area contributed by atoms with Gasteiger partial charge in [-0.05, 0) is 23.6 Å². The molecule has 0 aliphatic heterocycles. The number of carbonyl (C=O) groups excluding carboxylic acids is 1. The summed E-state index contributed by atoms with van der Waals surface area (Å²) in [6, 6.07) is 3.81. The lowest BCUT2D eigenvalue weighted by atomic mass is 9.80. The maximum absolute atomic E-state index is 12.0. The third kappa shape index (κ3) is 3.05. The maximum Gasteiger partial charge on any atom is 0.226 e. The minimum atomic E-state index is -0.326. The monoisotopic (exact) mass is 220 g/mol. The van der Waals surface area contributed by atoms with E-state index < -0.39 is 0 Å². The van der Waals surface area contributed by atoms with Gasteiger partial charge in [-0.1, -0.05) is 27.7 Å². The minimum absolute atomic E-state index is 0.0966. The molecule has 1 aromatic rings. The van der Waals surface area contributed by atoms with Gasteiger partial charge in [-0.25, -0.2) is 0 Å². The highest BCUT2D eigenvalue weighted by Gasteiger charge is 2.30. The van der Waals surface area contributed by atoms with Gasteiger partial charge in [0.15, 0.2) is 0 Å². The van der Waals surface area contributed by atoms with Crippen LogP contribution in [0, 0.1) is 11.3 Å². The van der Waals surface area contributed by atoms with Crippen molar-refractivity contribution >= 4 is 5.91 Å². The van der Waals surface area contributed by atoms with Gasteiger partial charge in [0, 0.05) is 24.4 Å². The summed E-state index contributed by atoms with van der Waals surface area (Å²) < 4.78 is 0. The lowest BCUT2D eigenvalue weighted by Crippen LogP contribution is -2.39. The van der Waals surface area contributed by atoms with Crippen molar-refractivity contribution in [1.29, 1.82) is 0 Å². The number of amides is 1. The normalized spacial score (nSPS) is 11.6. The van der Waals surface area contributed by atoms with Crippen molar-refractivity contribution in [2.75, 3.05) is 0 Å². The van der Waals surface area contributed by atoms with E-state index in [4.69, 9.17) is 0 Å². The van der Waals surface area contributed by atoms with Gasteiger partial charge < -0.3 is 5.32 Å². The van der Waals surface area contributed by atoms with Crippen LogP contribution in [0.1, 0.15) is 33.3 Å². The average Bonchev–Trinajstić information content (AvgIpc) is 2.27. The highest BCUT2D eigenvalue weighted by atomic mass is 16.2. The van der Waals surface area contributed by atoms with E-state index in [1.165, 1.54) is 0 Å². The molecule has 3 heteroatoms. The second kappa shape index (κ2) is 5.10. The molecule has 0 bridgehead atoms. The third-order valence-electron chi connectivity index (χ3n) is 3.23. The highest BCUT2D eigenvalue weighted by Crippen LogP contribution is 2.25. The van der Waals surface area contributed by atoms with Crippen LogP contribution in [0.5, 0.6) is 0 Å². The molecular weight excluding hydrogens is 200 g/mol. The van der Waals surface area contributed by atoms with Crippen molar-refractivity contribution in [1.82, 2.24) is 10.3 Å². The van der Waals surface area contributed by atoms with Crippen LogP contribution in [0.25, 0.3) is 0 Å². The molecule has 0 radical (unpaired) electrons. The first-order valence-corrected chi connectivity index (χ1v) is 5.62. The van der Waals surface area contributed by atoms with Gasteiger partial charge in [0.1, 0.15) is 0 Å². The molecule has 1 rings (SSSR count). The van der Waals surface area contributed by atoms with Crippen molar-refractivity contribution in [2.24, 2.45) is 11.3 Å². The lowest BCUT2D eigenvalue weighted by Gasteiger charge is -2.27. The van der Waals surface area contributed by atoms with Gasteiger partial charge in [-0.2, -0.15) is 0 Å². The summed E-state index contributed by atoms with van der Waals surface area (Å²) in [4.78, 5) is 15.9. The second-order valence-corrected chi connectivity index (χ2v) is 4.91. The van der Waals surface area contributed by atoms with Crippen LogP contribution in [-0.4, -0.2) is 10.9 Å². The number of aromatic nitrogens is 1. The number of rotatable bonds is 4. The van der Waals surface area contributed by atoms with E-state index >= 15 is 0 Å². The Morgan fingerprint density at radius 3 is 2.44 bits per heavy atom. The first-order chi connectivity index (χ1) is 7.44. The Hall–Kier alpha value is -1.38. The van der Waals surface area contributed by atoms with Gasteiger partial charge in [-0.3, -0.25) is 9.78 Å². The zero-order valence-electron chi connectivity index (χ0n) is 10.4. The number of pyridine rings is 1. The molecular formula is C13H20N2O. The Kier molecular flexibility index (Phi) is 4.05. The van der Waals surface area contributed by atoms with E-state index in [2.05, 4.69) is 24.1 Å². The fourth-order valence-corrected chi connectivity index (χ4v) is 1.17. The summed E-state index contributed by atoms with van der Waals surface area (Å²) in [6.07, 6.45) is 3.46. The zero-order chi connectivity index (χ0) is 12.2. The van der Waals surface area contributed by atoms with Gasteiger partial charge in [0.25, 0.3) is 0 Å². The van der Waals surface area contributed by atoms with E-state index in [0.29, 0.717) is 12.5 Å². The predicted molar refractivity (Wildman–Crippen MR) is 64.7 cm³/mol. The Bertz CT molecular complexity index is 344. The maximum atomic E-state index is 12.0. The van der Waals surface area contributed by atoms with Gasteiger partial charge >= 0.3 is 0 Å². The quantitative estimate of drug-likeness (QED) is 0.846. The van der Waals surface area contributed by atoms with E-state index in [1.807, 2.05) is 26.0 Å². The Balaban J connectivity index is 2.54. The van der Waals surface area contributed by atoms with Crippen molar-refractivity contribution in [3.63, 3.8) is 0 Å². The molecule has 16 heavy (non-hydrogen) atoms. The summed E-state index contributed by atoms with van der Waals surface area (Å²) in [5, 5.41) is 2.95. The first kappa shape index (κ1) is 12.7. The summed E-state index contributed by atoms with van der Waals surface area (Å²) in [6.45, 7) is 8.63. The first-order valence-electron chi connectivity index (χ1n) is 5.62. The van der Waals surface area contributed by atoms with Crippen LogP contribution >= 0.6 is 0 Å². The van der Waals surface area contributed by atoms with E-state index in [0.717, 1.165) is 5.56 Å². The van der Waals surface area contributed by atoms with E-state index in [9.17, 15) is 4.79 Å². The molecule has 0 atom stereocenters. The molecule has 0 saturated carbocycles. The molecule has 0 unspecified atom stereocenters. The molecule has 0 aliphatic carbocycles. The average molecular weight is 220 g/mol. The molecule has 0 aliphatic rings. The molecule has 1 heterocycles. The number of nitrogens with zero attached hydrogens (tertiary/aromatic N) is 1. The van der Waals surface area contributed by atoms with Crippen LogP contribution in [0.3, 0.4) is 0 Å². The molecule has 1 aromatic heterocycles. The fraction of sp³-hybridized carbons (Fsp3) is 0.538. The molecule has 1 N–H and O–H groups in total. The number of carbonyl (C=O) groups is 1. The Morgan fingerprint density at radius 2 is 1.94 bits per heavy atom. The van der Waals surface area contributed by atoms with Crippen molar-refractivity contribution < 1.29 is 4.79 Å². The van der Waals surface area contributed by atoms with Crippen molar-refractivity contribution in [3.05, 3.63) is 30.1 Å². The highest BCUT2D eigenvalue weighted by molar-refractivity contribution is 5.82. The minimum Gasteiger partial charge on any atom is -0.352 e. The summed E-state index contributed by atoms with van der Waals surface area (Å²) in [5.74, 6) is 0.421. The van der Waals surface area contributed by atoms with E-state index in [1.54, 1.807) is 12.4 Å². The molecule has 0 fully saturated rings. The van der Waals surface area contributed by atoms with Gasteiger partial charge in [-0.15, -0.1) is 0 Å². The Labute approximate surface area is 97.3 Å². The van der Waals surface area contributed by atoms with Crippen molar-refractivity contribution in [3.8, 4) is 0 Å². The number of hydrogen-bond acceptors (Lipinski definition) is 2. The SMILES string of the molecule is CC(C)C(C)(C)C(=O)NCc1ccncc1. The molecule has 0 aromatic carbocycles. The lowest BCUT2D eigenvalue weighted by molar-refractivity contribution is -0.131. The van der Waals surface area contributed by atoms with E-state index in [-0.39, 0.29) is 11.3 Å². The van der Waals surface area contributed by atoms with Crippen LogP contribution in [-0.2, 0) is 11.3 Å². The smallest absolute Gasteiger partial charge is 0.226 e. The molecule has 3 nitrogen and oxygen atoms in total. The van der Waals surface area contributed by atoms with Gasteiger partial charge in [0.05, 0.1) is 0 Å². The van der Waals surface area contributed by atoms with Crippen molar-refractivity contribution in [2.45, 2.75) is 34.2 Å². The topological polar surface area (TPSA) is 42.0 Å². The van der Waals surface area contributed by atoms with Crippen LogP contribution in [0.15, 0.2) is 24.5 Å². The van der Waals surface area contributed by atoms with Crippen LogP contribution in [0.4, 0.5) is 0 Å². The zero-order valence-corrected chi connectivity index (χ0v) is 10.4. The van der Waals surface area contributed by atoms with Crippen LogP contribution in [0.2, 0.25) is 0 Å². The standard InChI is InChI=1S/C13H20N2O/c1-10(2)13(3,4)12(16)15-9-11-5-7-14-8-6-11/h5-8,10H,9H2,1-4H3,(H,15,16). The third-order valence-corrected chi connectivity index (χ3v) is 3.23. The fourth-order valence-electron chi connectivity index (χ4n) is 1.17. The summed E-state index contributed by atoms with van der Waals surface area (Å²) in [7, 11) is 0. The molecule has 0 saturated heterocycles. The van der Waals surface area contributed by atoms with Crippen LogP contribution < -0.4 is 5.32 Å². The summed E-state index contributed by atoms with van der Waals surface area (Å²) in [5.41, 5.74) is 0.746. The summed E-state index contributed by atoms with van der Waals surface area (Å²) >= 11 is 0. The Morgan fingerprint density at radius 1 is 1.38 bits per heavy atom. The number of hydrogen-bond donors (Lipinski definition) is 1. The largest absolute Gasteiger partial charge is 0.352 e. The molecule has 1 amide bonds. The van der Waals surface area contributed by atoms with Gasteiger partial charge in [0.2, 0.25) is 5.91 Å².